The normalized spacial score (nSPS) is 11.6. The number of benzene rings is 1. The first-order chi connectivity index (χ1) is 12.4. The maximum absolute atomic E-state index is 12.5. The van der Waals surface area contributed by atoms with Crippen LogP contribution in [0.3, 0.4) is 0 Å². The van der Waals surface area contributed by atoms with Crippen molar-refractivity contribution in [1.82, 2.24) is 20.5 Å². The topological polar surface area (TPSA) is 125 Å². The Labute approximate surface area is 163 Å². The van der Waals surface area contributed by atoms with E-state index in [1.807, 2.05) is 10.9 Å². The highest BCUT2D eigenvalue weighted by atomic mass is 35.5. The van der Waals surface area contributed by atoms with Gasteiger partial charge in [-0.2, -0.15) is 4.31 Å². The second kappa shape index (κ2) is 9.16. The Kier molecular flexibility index (Phi) is 7.76. The summed E-state index contributed by atoms with van der Waals surface area (Å²) < 4.78 is 26.2. The first-order valence-corrected chi connectivity index (χ1v) is 9.88. The van der Waals surface area contributed by atoms with Gasteiger partial charge < -0.3 is 5.32 Å². The highest BCUT2D eigenvalue weighted by molar-refractivity contribution is 7.89. The van der Waals surface area contributed by atoms with Gasteiger partial charge in [-0.25, -0.2) is 8.42 Å². The zero-order chi connectivity index (χ0) is 20.9. The van der Waals surface area contributed by atoms with Crippen LogP contribution < -0.4 is 16.2 Å². The Balaban J connectivity index is 2.99. The molecular weight excluding hydrogens is 396 g/mol. The molecule has 11 heteroatoms. The van der Waals surface area contributed by atoms with Crippen LogP contribution in [0.15, 0.2) is 23.1 Å². The summed E-state index contributed by atoms with van der Waals surface area (Å²) in [6, 6.07) is 3.11. The average Bonchev–Trinajstić information content (AvgIpc) is 2.57. The first kappa shape index (κ1) is 22.9. The number of carbonyl (C=O) groups is 3. The van der Waals surface area contributed by atoms with E-state index >= 15 is 0 Å². The number of hydrazine groups is 1. The molecule has 0 radical (unpaired) electrons. The summed E-state index contributed by atoms with van der Waals surface area (Å²) in [6.07, 6.45) is 0. The van der Waals surface area contributed by atoms with Gasteiger partial charge in [0.1, 0.15) is 0 Å². The van der Waals surface area contributed by atoms with Gasteiger partial charge in [0.05, 0.1) is 15.5 Å². The molecule has 3 amide bonds. The zero-order valence-corrected chi connectivity index (χ0v) is 17.2. The fourth-order valence-electron chi connectivity index (χ4n) is 1.85. The third kappa shape index (κ3) is 5.91. The van der Waals surface area contributed by atoms with Crippen LogP contribution in [-0.2, 0) is 19.6 Å². The van der Waals surface area contributed by atoms with Crippen molar-refractivity contribution in [2.75, 3.05) is 7.05 Å². The van der Waals surface area contributed by atoms with Crippen LogP contribution in [0.4, 0.5) is 0 Å². The van der Waals surface area contributed by atoms with E-state index in [2.05, 4.69) is 5.32 Å². The van der Waals surface area contributed by atoms with Crippen LogP contribution >= 0.6 is 11.6 Å². The monoisotopic (exact) mass is 418 g/mol. The summed E-state index contributed by atoms with van der Waals surface area (Å²) in [6.45, 7) is 6.75. The van der Waals surface area contributed by atoms with Crippen molar-refractivity contribution in [2.24, 2.45) is 0 Å². The molecule has 1 aromatic rings. The Morgan fingerprint density at radius 1 is 1.04 bits per heavy atom. The smallest absolute Gasteiger partial charge is 0.327 e. The molecule has 9 nitrogen and oxygen atoms in total. The SMILES string of the molecule is CC(C)NC(=O)C(=O)NNC(=O)c1cc(S(=O)(=O)N(C)C(C)C)ccc1Cl. The first-order valence-electron chi connectivity index (χ1n) is 8.06. The van der Waals surface area contributed by atoms with E-state index in [0.717, 1.165) is 10.4 Å². The maximum Gasteiger partial charge on any atom is 0.327 e. The van der Waals surface area contributed by atoms with Crippen molar-refractivity contribution >= 4 is 39.3 Å². The molecule has 0 fully saturated rings. The fraction of sp³-hybridized carbons (Fsp3) is 0.438. The minimum atomic E-state index is -3.83. The molecule has 1 aromatic carbocycles. The molecule has 0 aliphatic heterocycles. The Morgan fingerprint density at radius 3 is 2.15 bits per heavy atom. The van der Waals surface area contributed by atoms with Gasteiger partial charge in [-0.05, 0) is 45.9 Å². The number of rotatable bonds is 5. The Hall–Kier alpha value is -2.17. The molecule has 0 aliphatic rings. The number of nitrogens with zero attached hydrogens (tertiary/aromatic N) is 1. The van der Waals surface area contributed by atoms with Crippen LogP contribution in [0.25, 0.3) is 0 Å². The molecule has 0 spiro atoms. The second-order valence-electron chi connectivity index (χ2n) is 6.29. The summed E-state index contributed by atoms with van der Waals surface area (Å²) in [5.74, 6) is -2.86. The van der Waals surface area contributed by atoms with Crippen LogP contribution in [-0.4, -0.2) is 49.6 Å². The van der Waals surface area contributed by atoms with E-state index in [0.29, 0.717) is 0 Å². The highest BCUT2D eigenvalue weighted by Gasteiger charge is 2.25. The van der Waals surface area contributed by atoms with Crippen molar-refractivity contribution in [3.8, 4) is 0 Å². The molecule has 1 rings (SSSR count). The highest BCUT2D eigenvalue weighted by Crippen LogP contribution is 2.23. The predicted octanol–water partition coefficient (Wildman–Crippen LogP) is 0.655. The number of hydrogen-bond acceptors (Lipinski definition) is 5. The lowest BCUT2D eigenvalue weighted by Crippen LogP contribution is -2.49. The van der Waals surface area contributed by atoms with Gasteiger partial charge in [-0.1, -0.05) is 11.6 Å². The quantitative estimate of drug-likeness (QED) is 0.478. The average molecular weight is 419 g/mol. The van der Waals surface area contributed by atoms with Gasteiger partial charge in [0.15, 0.2) is 0 Å². The van der Waals surface area contributed by atoms with Crippen molar-refractivity contribution < 1.29 is 22.8 Å². The fourth-order valence-corrected chi connectivity index (χ4v) is 3.45. The standard InChI is InChI=1S/C16H23ClN4O5S/c1-9(2)18-15(23)16(24)20-19-14(22)12-8-11(6-7-13(12)17)27(25,26)21(5)10(3)4/h6-10H,1-5H3,(H,18,23)(H,19,22)(H,20,24). The number of hydrogen-bond donors (Lipinski definition) is 3. The van der Waals surface area contributed by atoms with Crippen LogP contribution in [0.2, 0.25) is 5.02 Å². The van der Waals surface area contributed by atoms with Gasteiger partial charge in [0, 0.05) is 19.1 Å². The summed E-state index contributed by atoms with van der Waals surface area (Å²) in [7, 11) is -2.41. The molecule has 0 unspecified atom stereocenters. The Bertz CT molecular complexity index is 839. The van der Waals surface area contributed by atoms with E-state index in [-0.39, 0.29) is 27.6 Å². The largest absolute Gasteiger partial charge is 0.346 e. The van der Waals surface area contributed by atoms with Gasteiger partial charge in [0.2, 0.25) is 10.0 Å². The lowest BCUT2D eigenvalue weighted by molar-refractivity contribution is -0.139. The van der Waals surface area contributed by atoms with Gasteiger partial charge in [-0.15, -0.1) is 0 Å². The lowest BCUT2D eigenvalue weighted by atomic mass is 10.2. The van der Waals surface area contributed by atoms with E-state index in [9.17, 15) is 22.8 Å². The van der Waals surface area contributed by atoms with Gasteiger partial charge in [0.25, 0.3) is 5.91 Å². The third-order valence-electron chi connectivity index (χ3n) is 3.50. The van der Waals surface area contributed by atoms with Gasteiger partial charge in [-0.3, -0.25) is 25.2 Å². The molecule has 0 bridgehead atoms. The molecule has 0 heterocycles. The molecule has 0 aromatic heterocycles. The van der Waals surface area contributed by atoms with Crippen molar-refractivity contribution in [3.63, 3.8) is 0 Å². The summed E-state index contributed by atoms with van der Waals surface area (Å²) in [4.78, 5) is 35.2. The minimum absolute atomic E-state index is 0.0143. The molecule has 0 aliphatic carbocycles. The van der Waals surface area contributed by atoms with Crippen molar-refractivity contribution in [2.45, 2.75) is 44.7 Å². The molecular formula is C16H23ClN4O5S. The van der Waals surface area contributed by atoms with Crippen LogP contribution in [0.5, 0.6) is 0 Å². The number of carbonyl (C=O) groups excluding carboxylic acids is 3. The van der Waals surface area contributed by atoms with E-state index < -0.39 is 27.7 Å². The number of halogens is 1. The van der Waals surface area contributed by atoms with E-state index in [1.165, 1.54) is 19.2 Å². The number of amides is 3. The van der Waals surface area contributed by atoms with Gasteiger partial charge >= 0.3 is 11.8 Å². The summed E-state index contributed by atoms with van der Waals surface area (Å²) in [5.41, 5.74) is 3.81. The number of nitrogens with one attached hydrogen (secondary N) is 3. The molecule has 3 N–H and O–H groups in total. The van der Waals surface area contributed by atoms with E-state index in [4.69, 9.17) is 11.6 Å². The molecule has 0 saturated heterocycles. The predicted molar refractivity (Wildman–Crippen MR) is 100 cm³/mol. The molecule has 0 saturated carbocycles. The number of sulfonamides is 1. The minimum Gasteiger partial charge on any atom is -0.346 e. The third-order valence-corrected chi connectivity index (χ3v) is 5.86. The second-order valence-corrected chi connectivity index (χ2v) is 8.70. The summed E-state index contributed by atoms with van der Waals surface area (Å²) in [5, 5.41) is 2.34. The zero-order valence-electron chi connectivity index (χ0n) is 15.7. The van der Waals surface area contributed by atoms with Crippen molar-refractivity contribution in [3.05, 3.63) is 28.8 Å². The maximum atomic E-state index is 12.5. The molecule has 150 valence electrons. The summed E-state index contributed by atoms with van der Waals surface area (Å²) >= 11 is 5.97. The Morgan fingerprint density at radius 2 is 1.63 bits per heavy atom. The lowest BCUT2D eigenvalue weighted by Gasteiger charge is -2.21. The molecule has 0 atom stereocenters. The van der Waals surface area contributed by atoms with E-state index in [1.54, 1.807) is 27.7 Å². The van der Waals surface area contributed by atoms with Crippen LogP contribution in [0.1, 0.15) is 38.1 Å². The van der Waals surface area contributed by atoms with Crippen molar-refractivity contribution in [1.29, 1.82) is 0 Å². The van der Waals surface area contributed by atoms with Crippen LogP contribution in [0, 0.1) is 0 Å². The molecule has 27 heavy (non-hydrogen) atoms.